The smallest absolute Gasteiger partial charge is 0.249 e. The SMILES string of the molecule is CCCC(NC(=O)[C@@H](O)C(C)C)C(=O)Nc1ncc(-c2ccccc2COc2cccc(F)c2)s1. The second kappa shape index (κ2) is 12.4. The summed E-state index contributed by atoms with van der Waals surface area (Å²) in [5.41, 5.74) is 1.78. The fraction of sp³-hybridized carbons (Fsp3) is 0.346. The Morgan fingerprint density at radius 3 is 2.63 bits per heavy atom. The molecule has 186 valence electrons. The number of aliphatic hydroxyl groups is 1. The van der Waals surface area contributed by atoms with E-state index in [-0.39, 0.29) is 24.2 Å². The Hall–Kier alpha value is -3.30. The number of ether oxygens (including phenoxy) is 1. The van der Waals surface area contributed by atoms with Gasteiger partial charge >= 0.3 is 0 Å². The summed E-state index contributed by atoms with van der Waals surface area (Å²) >= 11 is 1.30. The van der Waals surface area contributed by atoms with E-state index >= 15 is 0 Å². The number of amides is 2. The van der Waals surface area contributed by atoms with Crippen molar-refractivity contribution in [2.24, 2.45) is 5.92 Å². The van der Waals surface area contributed by atoms with Gasteiger partial charge in [0.25, 0.3) is 0 Å². The van der Waals surface area contributed by atoms with Gasteiger partial charge in [0, 0.05) is 12.3 Å². The molecule has 0 aliphatic carbocycles. The lowest BCUT2D eigenvalue weighted by Crippen LogP contribution is -2.48. The lowest BCUT2D eigenvalue weighted by Gasteiger charge is -2.20. The predicted octanol–water partition coefficient (Wildman–Crippen LogP) is 4.77. The van der Waals surface area contributed by atoms with Crippen molar-refractivity contribution < 1.29 is 23.8 Å². The number of carbonyl (C=O) groups is 2. The highest BCUT2D eigenvalue weighted by Crippen LogP contribution is 2.32. The molecular formula is C26H30FN3O4S. The average molecular weight is 500 g/mol. The van der Waals surface area contributed by atoms with Crippen LogP contribution in [0.25, 0.3) is 10.4 Å². The van der Waals surface area contributed by atoms with Gasteiger partial charge in [-0.3, -0.25) is 9.59 Å². The molecular weight excluding hydrogens is 469 g/mol. The first-order valence-corrected chi connectivity index (χ1v) is 12.3. The van der Waals surface area contributed by atoms with E-state index in [9.17, 15) is 19.1 Å². The third kappa shape index (κ3) is 7.34. The molecule has 3 N–H and O–H groups in total. The fourth-order valence-corrected chi connectivity index (χ4v) is 4.25. The van der Waals surface area contributed by atoms with Crippen LogP contribution in [0.2, 0.25) is 0 Å². The number of nitrogens with zero attached hydrogens (tertiary/aromatic N) is 1. The fourth-order valence-electron chi connectivity index (χ4n) is 3.37. The van der Waals surface area contributed by atoms with E-state index in [1.165, 1.54) is 23.5 Å². The van der Waals surface area contributed by atoms with Crippen molar-refractivity contribution in [2.45, 2.75) is 52.4 Å². The summed E-state index contributed by atoms with van der Waals surface area (Å²) in [7, 11) is 0. The van der Waals surface area contributed by atoms with E-state index in [0.29, 0.717) is 23.7 Å². The molecule has 0 radical (unpaired) electrons. The third-order valence-corrected chi connectivity index (χ3v) is 6.27. The Labute approximate surface area is 208 Å². The van der Waals surface area contributed by atoms with Crippen LogP contribution in [-0.2, 0) is 16.2 Å². The molecule has 0 saturated heterocycles. The van der Waals surface area contributed by atoms with Gasteiger partial charge < -0.3 is 20.5 Å². The summed E-state index contributed by atoms with van der Waals surface area (Å²) in [5, 5.41) is 15.8. The van der Waals surface area contributed by atoms with Crippen molar-refractivity contribution in [3.8, 4) is 16.2 Å². The van der Waals surface area contributed by atoms with Crippen LogP contribution >= 0.6 is 11.3 Å². The highest BCUT2D eigenvalue weighted by molar-refractivity contribution is 7.19. The van der Waals surface area contributed by atoms with Gasteiger partial charge in [0.05, 0.1) is 4.88 Å². The zero-order valence-corrected chi connectivity index (χ0v) is 20.8. The molecule has 3 rings (SSSR count). The van der Waals surface area contributed by atoms with E-state index in [4.69, 9.17) is 4.74 Å². The first-order chi connectivity index (χ1) is 16.8. The number of halogens is 1. The Kier molecular flexibility index (Phi) is 9.33. The number of benzene rings is 2. The molecule has 3 aromatic rings. The number of carbonyl (C=O) groups excluding carboxylic acids is 2. The summed E-state index contributed by atoms with van der Waals surface area (Å²) < 4.78 is 19.2. The summed E-state index contributed by atoms with van der Waals surface area (Å²) in [6.07, 6.45) is 1.59. The molecule has 7 nitrogen and oxygen atoms in total. The van der Waals surface area contributed by atoms with E-state index < -0.39 is 18.1 Å². The zero-order chi connectivity index (χ0) is 25.4. The van der Waals surface area contributed by atoms with Crippen LogP contribution in [0, 0.1) is 11.7 Å². The van der Waals surface area contributed by atoms with E-state index in [0.717, 1.165) is 16.0 Å². The highest BCUT2D eigenvalue weighted by Gasteiger charge is 2.26. The number of hydrogen-bond donors (Lipinski definition) is 3. The minimum Gasteiger partial charge on any atom is -0.489 e. The second-order valence-corrected chi connectivity index (χ2v) is 9.49. The number of aliphatic hydroxyl groups excluding tert-OH is 1. The van der Waals surface area contributed by atoms with Crippen molar-refractivity contribution in [1.82, 2.24) is 10.3 Å². The molecule has 2 amide bonds. The Balaban J connectivity index is 1.69. The molecule has 0 aliphatic heterocycles. The number of hydrogen-bond acceptors (Lipinski definition) is 6. The van der Waals surface area contributed by atoms with E-state index in [2.05, 4.69) is 15.6 Å². The maximum atomic E-state index is 13.4. The standard InChI is InChI=1S/C26H30FN3O4S/c1-4-8-21(29-25(33)23(31)16(2)3)24(32)30-26-28-14-22(35-26)20-12-6-5-9-17(20)15-34-19-11-7-10-18(27)13-19/h5-7,9-14,16,21,23,31H,4,8,15H2,1-3H3,(H,29,33)(H,28,30,32)/t21?,23-/m0/s1. The van der Waals surface area contributed by atoms with Crippen molar-refractivity contribution in [1.29, 1.82) is 0 Å². The number of rotatable bonds is 11. The van der Waals surface area contributed by atoms with Crippen LogP contribution in [0.1, 0.15) is 39.2 Å². The zero-order valence-electron chi connectivity index (χ0n) is 20.0. The topological polar surface area (TPSA) is 101 Å². The van der Waals surface area contributed by atoms with Gasteiger partial charge in [0.1, 0.15) is 30.3 Å². The lowest BCUT2D eigenvalue weighted by atomic mass is 10.1. The van der Waals surface area contributed by atoms with Crippen LogP contribution in [0.3, 0.4) is 0 Å². The Morgan fingerprint density at radius 2 is 1.91 bits per heavy atom. The number of nitrogens with one attached hydrogen (secondary N) is 2. The van der Waals surface area contributed by atoms with Gasteiger partial charge in [-0.05, 0) is 35.6 Å². The molecule has 1 unspecified atom stereocenters. The second-order valence-electron chi connectivity index (χ2n) is 8.46. The lowest BCUT2D eigenvalue weighted by molar-refractivity contribution is -0.134. The summed E-state index contributed by atoms with van der Waals surface area (Å²) in [6.45, 7) is 5.62. The van der Waals surface area contributed by atoms with Gasteiger partial charge in [0.15, 0.2) is 5.13 Å². The van der Waals surface area contributed by atoms with Gasteiger partial charge in [0.2, 0.25) is 11.8 Å². The molecule has 0 spiro atoms. The maximum absolute atomic E-state index is 13.4. The highest BCUT2D eigenvalue weighted by atomic mass is 32.1. The Bertz CT molecular complexity index is 1150. The van der Waals surface area contributed by atoms with Crippen LogP contribution in [0.4, 0.5) is 9.52 Å². The van der Waals surface area contributed by atoms with Crippen LogP contribution < -0.4 is 15.4 Å². The predicted molar refractivity (Wildman–Crippen MR) is 135 cm³/mol. The normalized spacial score (nSPS) is 12.7. The monoisotopic (exact) mass is 499 g/mol. The minimum atomic E-state index is -1.18. The van der Waals surface area contributed by atoms with Crippen LogP contribution in [0.5, 0.6) is 5.75 Å². The number of anilines is 1. The summed E-state index contributed by atoms with van der Waals surface area (Å²) in [6, 6.07) is 12.8. The molecule has 35 heavy (non-hydrogen) atoms. The number of aromatic nitrogens is 1. The van der Waals surface area contributed by atoms with Gasteiger partial charge in [-0.25, -0.2) is 9.37 Å². The molecule has 9 heteroatoms. The molecule has 0 saturated carbocycles. The molecule has 1 aromatic heterocycles. The van der Waals surface area contributed by atoms with Crippen molar-refractivity contribution in [3.05, 3.63) is 66.1 Å². The van der Waals surface area contributed by atoms with E-state index in [1.807, 2.05) is 31.2 Å². The van der Waals surface area contributed by atoms with Gasteiger partial charge in [-0.2, -0.15) is 0 Å². The van der Waals surface area contributed by atoms with Crippen molar-refractivity contribution in [2.75, 3.05) is 5.32 Å². The van der Waals surface area contributed by atoms with Gasteiger partial charge in [-0.15, -0.1) is 0 Å². The quantitative estimate of drug-likeness (QED) is 0.353. The van der Waals surface area contributed by atoms with E-state index in [1.54, 1.807) is 32.2 Å². The van der Waals surface area contributed by atoms with Crippen molar-refractivity contribution in [3.63, 3.8) is 0 Å². The molecule has 2 aromatic carbocycles. The minimum absolute atomic E-state index is 0.238. The van der Waals surface area contributed by atoms with Crippen LogP contribution in [0.15, 0.2) is 54.7 Å². The Morgan fingerprint density at radius 1 is 1.14 bits per heavy atom. The number of thiazole rings is 1. The molecule has 0 fully saturated rings. The molecule has 1 heterocycles. The van der Waals surface area contributed by atoms with Gasteiger partial charge in [-0.1, -0.05) is 68.9 Å². The summed E-state index contributed by atoms with van der Waals surface area (Å²) in [4.78, 5) is 30.2. The maximum Gasteiger partial charge on any atom is 0.249 e. The largest absolute Gasteiger partial charge is 0.489 e. The first kappa shape index (κ1) is 26.3. The average Bonchev–Trinajstić information content (AvgIpc) is 3.30. The molecule has 0 bridgehead atoms. The molecule has 2 atom stereocenters. The molecule has 0 aliphatic rings. The first-order valence-electron chi connectivity index (χ1n) is 11.5. The van der Waals surface area contributed by atoms with Crippen molar-refractivity contribution >= 4 is 28.3 Å². The van der Waals surface area contributed by atoms with Crippen LogP contribution in [-0.4, -0.2) is 34.1 Å². The third-order valence-electron chi connectivity index (χ3n) is 5.32. The summed E-state index contributed by atoms with van der Waals surface area (Å²) in [5.74, 6) is -1.15.